The van der Waals surface area contributed by atoms with Crippen molar-refractivity contribution >= 4 is 11.3 Å². The standard InChI is InChI=1S/C16H21NOS/c1-10-4-6-13(8-11(10)2)14(9-17)16(18)15-7-5-12(3)19-15/h4-8,14,16,18H,9,17H2,1-3H3. The Morgan fingerprint density at radius 1 is 1.11 bits per heavy atom. The van der Waals surface area contributed by atoms with Gasteiger partial charge in [0.15, 0.2) is 0 Å². The van der Waals surface area contributed by atoms with Crippen LogP contribution in [0.3, 0.4) is 0 Å². The number of aryl methyl sites for hydroxylation is 3. The number of nitrogens with two attached hydrogens (primary N) is 1. The Morgan fingerprint density at radius 2 is 1.84 bits per heavy atom. The first-order chi connectivity index (χ1) is 9.02. The van der Waals surface area contributed by atoms with Crippen molar-refractivity contribution < 1.29 is 5.11 Å². The molecule has 0 spiro atoms. The molecule has 0 bridgehead atoms. The van der Waals surface area contributed by atoms with E-state index in [-0.39, 0.29) is 5.92 Å². The number of rotatable bonds is 4. The van der Waals surface area contributed by atoms with Crippen LogP contribution in [0.2, 0.25) is 0 Å². The Balaban J connectivity index is 2.30. The van der Waals surface area contributed by atoms with Gasteiger partial charge < -0.3 is 10.8 Å². The fraction of sp³-hybridized carbons (Fsp3) is 0.375. The molecule has 2 rings (SSSR count). The average molecular weight is 275 g/mol. The molecule has 19 heavy (non-hydrogen) atoms. The smallest absolute Gasteiger partial charge is 0.0962 e. The normalized spacial score (nSPS) is 14.4. The number of thiophene rings is 1. The van der Waals surface area contributed by atoms with Crippen LogP contribution in [-0.4, -0.2) is 11.7 Å². The highest BCUT2D eigenvalue weighted by Crippen LogP contribution is 2.34. The van der Waals surface area contributed by atoms with Crippen molar-refractivity contribution in [3.8, 4) is 0 Å². The molecule has 1 heterocycles. The third-order valence-corrected chi connectivity index (χ3v) is 4.72. The quantitative estimate of drug-likeness (QED) is 0.897. The van der Waals surface area contributed by atoms with Crippen LogP contribution in [0.4, 0.5) is 0 Å². The van der Waals surface area contributed by atoms with Crippen molar-refractivity contribution in [3.05, 3.63) is 56.8 Å². The zero-order chi connectivity index (χ0) is 14.0. The van der Waals surface area contributed by atoms with Crippen LogP contribution in [0.5, 0.6) is 0 Å². The average Bonchev–Trinajstić information content (AvgIpc) is 2.81. The Hall–Kier alpha value is -1.16. The predicted molar refractivity (Wildman–Crippen MR) is 81.7 cm³/mol. The van der Waals surface area contributed by atoms with E-state index >= 15 is 0 Å². The molecule has 2 unspecified atom stereocenters. The molecule has 0 amide bonds. The molecule has 0 aliphatic rings. The van der Waals surface area contributed by atoms with Gasteiger partial charge in [0.05, 0.1) is 6.10 Å². The molecule has 0 saturated carbocycles. The Bertz CT molecular complexity index is 562. The zero-order valence-corrected chi connectivity index (χ0v) is 12.5. The second-order valence-electron chi connectivity index (χ2n) is 5.08. The molecule has 0 saturated heterocycles. The highest BCUT2D eigenvalue weighted by Gasteiger charge is 2.22. The van der Waals surface area contributed by atoms with E-state index in [1.54, 1.807) is 11.3 Å². The van der Waals surface area contributed by atoms with Crippen LogP contribution in [0, 0.1) is 20.8 Å². The van der Waals surface area contributed by atoms with Crippen molar-refractivity contribution in [2.45, 2.75) is 32.8 Å². The second kappa shape index (κ2) is 5.87. The van der Waals surface area contributed by atoms with Crippen LogP contribution in [0.1, 0.15) is 38.5 Å². The molecule has 0 aliphatic carbocycles. The highest BCUT2D eigenvalue weighted by atomic mass is 32.1. The summed E-state index contributed by atoms with van der Waals surface area (Å²) in [5.74, 6) is -0.0441. The molecule has 3 heteroatoms. The lowest BCUT2D eigenvalue weighted by Crippen LogP contribution is -2.19. The van der Waals surface area contributed by atoms with E-state index in [1.165, 1.54) is 16.0 Å². The number of aliphatic hydroxyl groups is 1. The summed E-state index contributed by atoms with van der Waals surface area (Å²) in [6, 6.07) is 10.3. The van der Waals surface area contributed by atoms with Crippen LogP contribution < -0.4 is 5.73 Å². The molecule has 0 aliphatic heterocycles. The Labute approximate surface area is 118 Å². The summed E-state index contributed by atoms with van der Waals surface area (Å²) in [5, 5.41) is 10.5. The SMILES string of the molecule is Cc1ccc(C(O)C(CN)c2ccc(C)c(C)c2)s1. The first-order valence-electron chi connectivity index (χ1n) is 6.54. The lowest BCUT2D eigenvalue weighted by Gasteiger charge is -2.21. The molecule has 2 atom stereocenters. The first-order valence-corrected chi connectivity index (χ1v) is 7.36. The van der Waals surface area contributed by atoms with E-state index in [2.05, 4.69) is 32.0 Å². The molecule has 3 N–H and O–H groups in total. The van der Waals surface area contributed by atoms with Gasteiger partial charge in [-0.2, -0.15) is 0 Å². The van der Waals surface area contributed by atoms with Crippen LogP contribution >= 0.6 is 11.3 Å². The highest BCUT2D eigenvalue weighted by molar-refractivity contribution is 7.12. The molecule has 0 radical (unpaired) electrons. The van der Waals surface area contributed by atoms with E-state index in [1.807, 2.05) is 19.1 Å². The number of aliphatic hydroxyl groups excluding tert-OH is 1. The van der Waals surface area contributed by atoms with Gasteiger partial charge in [0.25, 0.3) is 0 Å². The zero-order valence-electron chi connectivity index (χ0n) is 11.7. The van der Waals surface area contributed by atoms with E-state index in [4.69, 9.17) is 5.73 Å². The van der Waals surface area contributed by atoms with Crippen LogP contribution in [0.15, 0.2) is 30.3 Å². The molecule has 1 aromatic heterocycles. The Kier molecular flexibility index (Phi) is 4.40. The summed E-state index contributed by atoms with van der Waals surface area (Å²) in [6.45, 7) is 6.68. The lowest BCUT2D eigenvalue weighted by molar-refractivity contribution is 0.151. The van der Waals surface area contributed by atoms with Gasteiger partial charge in [-0.25, -0.2) is 0 Å². The van der Waals surface area contributed by atoms with Crippen molar-refractivity contribution in [2.75, 3.05) is 6.54 Å². The van der Waals surface area contributed by atoms with Gasteiger partial charge in [0.1, 0.15) is 0 Å². The summed E-state index contributed by atoms with van der Waals surface area (Å²) in [5.41, 5.74) is 9.50. The molecule has 0 fully saturated rings. The molecule has 1 aromatic carbocycles. The van der Waals surface area contributed by atoms with Crippen LogP contribution in [-0.2, 0) is 0 Å². The summed E-state index contributed by atoms with van der Waals surface area (Å²) in [7, 11) is 0. The third-order valence-electron chi connectivity index (χ3n) is 3.65. The van der Waals surface area contributed by atoms with Gasteiger partial charge >= 0.3 is 0 Å². The predicted octanol–water partition coefficient (Wildman–Crippen LogP) is 3.45. The summed E-state index contributed by atoms with van der Waals surface area (Å²) in [6.07, 6.45) is -0.522. The minimum absolute atomic E-state index is 0.0441. The largest absolute Gasteiger partial charge is 0.387 e. The van der Waals surface area contributed by atoms with E-state index in [0.717, 1.165) is 10.4 Å². The van der Waals surface area contributed by atoms with E-state index in [9.17, 15) is 5.11 Å². The van der Waals surface area contributed by atoms with E-state index < -0.39 is 6.10 Å². The van der Waals surface area contributed by atoms with Gasteiger partial charge in [-0.1, -0.05) is 18.2 Å². The van der Waals surface area contributed by atoms with Crippen molar-refractivity contribution in [1.82, 2.24) is 0 Å². The van der Waals surface area contributed by atoms with Gasteiger partial charge in [0.2, 0.25) is 0 Å². The second-order valence-corrected chi connectivity index (χ2v) is 6.40. The third kappa shape index (κ3) is 3.06. The monoisotopic (exact) mass is 275 g/mol. The number of benzene rings is 1. The summed E-state index contributed by atoms with van der Waals surface area (Å²) >= 11 is 1.64. The van der Waals surface area contributed by atoms with Gasteiger partial charge in [-0.05, 0) is 49.6 Å². The molecular formula is C16H21NOS. The first kappa shape index (κ1) is 14.3. The van der Waals surface area contributed by atoms with Crippen LogP contribution in [0.25, 0.3) is 0 Å². The number of hydrogen-bond acceptors (Lipinski definition) is 3. The maximum absolute atomic E-state index is 10.5. The molecular weight excluding hydrogens is 254 g/mol. The minimum Gasteiger partial charge on any atom is -0.387 e. The van der Waals surface area contributed by atoms with Gasteiger partial charge in [-0.3, -0.25) is 0 Å². The molecule has 102 valence electrons. The van der Waals surface area contributed by atoms with Crippen molar-refractivity contribution in [2.24, 2.45) is 5.73 Å². The van der Waals surface area contributed by atoms with Gasteiger partial charge in [0, 0.05) is 22.2 Å². The maximum Gasteiger partial charge on any atom is 0.0962 e. The van der Waals surface area contributed by atoms with Crippen molar-refractivity contribution in [3.63, 3.8) is 0 Å². The number of hydrogen-bond donors (Lipinski definition) is 2. The molecule has 2 aromatic rings. The fourth-order valence-corrected chi connectivity index (χ4v) is 3.18. The minimum atomic E-state index is -0.522. The van der Waals surface area contributed by atoms with E-state index in [0.29, 0.717) is 6.54 Å². The summed E-state index contributed by atoms with van der Waals surface area (Å²) in [4.78, 5) is 2.20. The summed E-state index contributed by atoms with van der Waals surface area (Å²) < 4.78 is 0. The molecule has 2 nitrogen and oxygen atoms in total. The van der Waals surface area contributed by atoms with Gasteiger partial charge in [-0.15, -0.1) is 11.3 Å². The fourth-order valence-electron chi connectivity index (χ4n) is 2.25. The topological polar surface area (TPSA) is 46.2 Å². The Morgan fingerprint density at radius 3 is 2.37 bits per heavy atom. The maximum atomic E-state index is 10.5. The van der Waals surface area contributed by atoms with Crippen molar-refractivity contribution in [1.29, 1.82) is 0 Å². The lowest BCUT2D eigenvalue weighted by atomic mass is 9.90.